The van der Waals surface area contributed by atoms with Gasteiger partial charge in [-0.3, -0.25) is 0 Å². The van der Waals surface area contributed by atoms with E-state index < -0.39 is 27.5 Å². The molecule has 0 bridgehead atoms. The van der Waals surface area contributed by atoms with Crippen LogP contribution in [0.3, 0.4) is 0 Å². The van der Waals surface area contributed by atoms with Crippen LogP contribution in [0.2, 0.25) is 0 Å². The fraction of sp³-hybridized carbons (Fsp3) is 0.625. The van der Waals surface area contributed by atoms with Gasteiger partial charge in [-0.1, -0.05) is 25.1 Å². The first-order chi connectivity index (χ1) is 11.2. The highest BCUT2D eigenvalue weighted by atomic mass is 32.2. The summed E-state index contributed by atoms with van der Waals surface area (Å²) in [5, 5.41) is 3.19. The van der Waals surface area contributed by atoms with Crippen LogP contribution in [-0.4, -0.2) is 38.4 Å². The maximum Gasteiger partial charge on any atom is 0.416 e. The minimum atomic E-state index is -4.47. The van der Waals surface area contributed by atoms with Crippen LogP contribution in [0.25, 0.3) is 0 Å². The third-order valence-corrected chi connectivity index (χ3v) is 6.01. The number of hydrogen-bond acceptors (Lipinski definition) is 3. The van der Waals surface area contributed by atoms with E-state index in [1.54, 1.807) is 0 Å². The quantitative estimate of drug-likeness (QED) is 0.844. The first kappa shape index (κ1) is 19.2. The van der Waals surface area contributed by atoms with Gasteiger partial charge in [-0.2, -0.15) is 17.5 Å². The number of nitrogens with zero attached hydrogens (tertiary/aromatic N) is 1. The van der Waals surface area contributed by atoms with Gasteiger partial charge in [0, 0.05) is 12.6 Å². The lowest BCUT2D eigenvalue weighted by Crippen LogP contribution is -2.46. The summed E-state index contributed by atoms with van der Waals surface area (Å²) >= 11 is 0. The van der Waals surface area contributed by atoms with E-state index in [0.717, 1.165) is 38.1 Å². The van der Waals surface area contributed by atoms with Gasteiger partial charge in [-0.15, -0.1) is 0 Å². The largest absolute Gasteiger partial charge is 0.416 e. The number of sulfonamides is 1. The minimum Gasteiger partial charge on any atom is -0.317 e. The van der Waals surface area contributed by atoms with Crippen molar-refractivity contribution in [3.05, 3.63) is 35.4 Å². The first-order valence-electron chi connectivity index (χ1n) is 8.10. The molecule has 4 nitrogen and oxygen atoms in total. The zero-order valence-electron chi connectivity index (χ0n) is 13.6. The van der Waals surface area contributed by atoms with Crippen LogP contribution in [0.15, 0.2) is 24.3 Å². The number of rotatable bonds is 6. The van der Waals surface area contributed by atoms with Crippen LogP contribution < -0.4 is 5.32 Å². The molecule has 0 amide bonds. The molecule has 0 atom stereocenters. The van der Waals surface area contributed by atoms with Gasteiger partial charge in [0.1, 0.15) is 0 Å². The van der Waals surface area contributed by atoms with Crippen LogP contribution in [-0.2, 0) is 22.0 Å². The highest BCUT2D eigenvalue weighted by molar-refractivity contribution is 7.88. The molecule has 1 N–H and O–H groups in total. The van der Waals surface area contributed by atoms with E-state index in [1.807, 2.05) is 6.92 Å². The standard InChI is InChI=1S/C16H23F3N2O2S/c1-2-10-21(15-6-8-20-9-7-15)24(22,23)12-13-4-3-5-14(11-13)16(17,18)19/h3-5,11,15,20H,2,6-10,12H2,1H3. The Hall–Kier alpha value is -1.12. The third-order valence-electron chi connectivity index (χ3n) is 4.12. The lowest BCUT2D eigenvalue weighted by Gasteiger charge is -2.33. The number of nitrogens with one attached hydrogen (secondary N) is 1. The Balaban J connectivity index is 2.21. The zero-order chi connectivity index (χ0) is 17.8. The number of piperidine rings is 1. The van der Waals surface area contributed by atoms with Crippen molar-refractivity contribution in [3.8, 4) is 0 Å². The Bertz CT molecular complexity index is 641. The average molecular weight is 364 g/mol. The van der Waals surface area contributed by atoms with Crippen LogP contribution in [0.4, 0.5) is 13.2 Å². The van der Waals surface area contributed by atoms with Gasteiger partial charge < -0.3 is 5.32 Å². The molecule has 1 aliphatic rings. The summed E-state index contributed by atoms with van der Waals surface area (Å²) in [4.78, 5) is 0. The zero-order valence-corrected chi connectivity index (χ0v) is 14.5. The molecule has 0 spiro atoms. The van der Waals surface area contributed by atoms with E-state index in [2.05, 4.69) is 5.32 Å². The molecule has 1 heterocycles. The highest BCUT2D eigenvalue weighted by Crippen LogP contribution is 2.30. The van der Waals surface area contributed by atoms with Crippen LogP contribution in [0.5, 0.6) is 0 Å². The molecule has 1 aromatic carbocycles. The molecule has 0 aliphatic carbocycles. The Morgan fingerprint density at radius 2 is 1.92 bits per heavy atom. The molecule has 8 heteroatoms. The predicted molar refractivity (Wildman–Crippen MR) is 87.0 cm³/mol. The molecular weight excluding hydrogens is 341 g/mol. The van der Waals surface area contributed by atoms with Crippen molar-refractivity contribution in [3.63, 3.8) is 0 Å². The van der Waals surface area contributed by atoms with E-state index in [9.17, 15) is 21.6 Å². The minimum absolute atomic E-state index is 0.0815. The predicted octanol–water partition coefficient (Wildman–Crippen LogP) is 3.00. The molecule has 2 rings (SSSR count). The number of benzene rings is 1. The topological polar surface area (TPSA) is 49.4 Å². The normalized spacial score (nSPS) is 17.4. The number of halogens is 3. The van der Waals surface area contributed by atoms with Gasteiger partial charge in [-0.25, -0.2) is 8.42 Å². The summed E-state index contributed by atoms with van der Waals surface area (Å²) in [7, 11) is -3.66. The van der Waals surface area contributed by atoms with Gasteiger partial charge >= 0.3 is 6.18 Å². The molecule has 1 aromatic rings. The van der Waals surface area contributed by atoms with Crippen molar-refractivity contribution < 1.29 is 21.6 Å². The van der Waals surface area contributed by atoms with E-state index >= 15 is 0 Å². The summed E-state index contributed by atoms with van der Waals surface area (Å²) in [6.45, 7) is 3.80. The second kappa shape index (κ2) is 7.84. The molecule has 1 fully saturated rings. The maximum absolute atomic E-state index is 12.8. The van der Waals surface area contributed by atoms with Crippen molar-refractivity contribution in [2.45, 2.75) is 44.2 Å². The lowest BCUT2D eigenvalue weighted by molar-refractivity contribution is -0.137. The summed E-state index contributed by atoms with van der Waals surface area (Å²) in [5.74, 6) is -0.402. The molecule has 24 heavy (non-hydrogen) atoms. The second-order valence-corrected chi connectivity index (χ2v) is 7.97. The first-order valence-corrected chi connectivity index (χ1v) is 9.71. The molecule has 0 unspecified atom stereocenters. The van der Waals surface area contributed by atoms with Crippen LogP contribution in [0, 0.1) is 0 Å². The van der Waals surface area contributed by atoms with Crippen LogP contribution in [0.1, 0.15) is 37.3 Å². The Kier molecular flexibility index (Phi) is 6.28. The lowest BCUT2D eigenvalue weighted by atomic mass is 10.1. The number of alkyl halides is 3. The Morgan fingerprint density at radius 3 is 2.50 bits per heavy atom. The molecule has 0 aromatic heterocycles. The summed E-state index contributed by atoms with van der Waals surface area (Å²) < 4.78 is 65.4. The average Bonchev–Trinajstić information content (AvgIpc) is 2.52. The number of hydrogen-bond donors (Lipinski definition) is 1. The van der Waals surface area contributed by atoms with Gasteiger partial charge in [0.2, 0.25) is 10.0 Å². The smallest absolute Gasteiger partial charge is 0.317 e. The molecule has 0 radical (unpaired) electrons. The Labute approximate surface area is 141 Å². The van der Waals surface area contributed by atoms with Crippen molar-refractivity contribution in [1.29, 1.82) is 0 Å². The Morgan fingerprint density at radius 1 is 1.25 bits per heavy atom. The fourth-order valence-electron chi connectivity index (χ4n) is 2.99. The SMILES string of the molecule is CCCN(C1CCNCC1)S(=O)(=O)Cc1cccc(C(F)(F)F)c1. The van der Waals surface area contributed by atoms with Gasteiger partial charge in [0.15, 0.2) is 0 Å². The summed E-state index contributed by atoms with van der Waals surface area (Å²) in [6.07, 6.45) is -2.35. The van der Waals surface area contributed by atoms with E-state index in [4.69, 9.17) is 0 Å². The summed E-state index contributed by atoms with van der Waals surface area (Å²) in [5.41, 5.74) is -0.654. The van der Waals surface area contributed by atoms with Crippen molar-refractivity contribution in [2.24, 2.45) is 0 Å². The molecule has 0 saturated carbocycles. The molecule has 136 valence electrons. The van der Waals surface area contributed by atoms with Gasteiger partial charge in [-0.05, 0) is 44.0 Å². The summed E-state index contributed by atoms with van der Waals surface area (Å²) in [6, 6.07) is 4.47. The molecule has 1 aliphatic heterocycles. The van der Waals surface area contributed by atoms with E-state index in [1.165, 1.54) is 16.4 Å². The third kappa shape index (κ3) is 4.94. The van der Waals surface area contributed by atoms with Crippen molar-refractivity contribution >= 4 is 10.0 Å². The van der Waals surface area contributed by atoms with E-state index in [0.29, 0.717) is 13.0 Å². The van der Waals surface area contributed by atoms with Crippen molar-refractivity contribution in [1.82, 2.24) is 9.62 Å². The molecular formula is C16H23F3N2O2S. The highest BCUT2D eigenvalue weighted by Gasteiger charge is 2.33. The maximum atomic E-state index is 12.8. The second-order valence-electron chi connectivity index (χ2n) is 6.05. The van der Waals surface area contributed by atoms with Crippen LogP contribution >= 0.6 is 0 Å². The molecule has 1 saturated heterocycles. The fourth-order valence-corrected chi connectivity index (χ4v) is 4.89. The van der Waals surface area contributed by atoms with Gasteiger partial charge in [0.05, 0.1) is 11.3 Å². The van der Waals surface area contributed by atoms with Crippen molar-refractivity contribution in [2.75, 3.05) is 19.6 Å². The monoisotopic (exact) mass is 364 g/mol. The van der Waals surface area contributed by atoms with Gasteiger partial charge in [0.25, 0.3) is 0 Å². The van der Waals surface area contributed by atoms with E-state index in [-0.39, 0.29) is 11.6 Å².